The van der Waals surface area contributed by atoms with Gasteiger partial charge in [0.15, 0.2) is 0 Å². The van der Waals surface area contributed by atoms with Crippen LogP contribution in [0.3, 0.4) is 0 Å². The zero-order valence-corrected chi connectivity index (χ0v) is 15.9. The van der Waals surface area contributed by atoms with Gasteiger partial charge in [0.05, 0.1) is 17.4 Å². The normalized spacial score (nSPS) is 19.6. The number of hydrogen-bond donors (Lipinski definition) is 1. The molecule has 0 radical (unpaired) electrons. The number of aromatic hydroxyl groups is 1. The highest BCUT2D eigenvalue weighted by molar-refractivity contribution is 5.97. The minimum absolute atomic E-state index is 0.0140. The average molecular weight is 382 g/mol. The first-order valence-electron chi connectivity index (χ1n) is 9.88. The fourth-order valence-corrected chi connectivity index (χ4v) is 3.78. The second kappa shape index (κ2) is 8.52. The molecule has 0 saturated carbocycles. The highest BCUT2D eigenvalue weighted by Gasteiger charge is 2.26. The van der Waals surface area contributed by atoms with Gasteiger partial charge in [0, 0.05) is 32.8 Å². The Hall–Kier alpha value is -2.73. The number of para-hydroxylation sites is 3. The molecule has 0 bridgehead atoms. The number of phenolic OH excluding ortho intramolecular Hbond substituents is 1. The lowest BCUT2D eigenvalue weighted by molar-refractivity contribution is 0.0648. The zero-order valence-electron chi connectivity index (χ0n) is 15.9. The van der Waals surface area contributed by atoms with E-state index in [0.29, 0.717) is 44.1 Å². The second-order valence-corrected chi connectivity index (χ2v) is 7.21. The molecule has 148 valence electrons. The molecule has 2 fully saturated rings. The number of carbonyl (C=O) groups is 1. The van der Waals surface area contributed by atoms with Crippen LogP contribution in [0.1, 0.15) is 23.2 Å². The predicted octanol–water partition coefficient (Wildman–Crippen LogP) is 2.91. The third kappa shape index (κ3) is 4.07. The van der Waals surface area contributed by atoms with Gasteiger partial charge >= 0.3 is 0 Å². The number of phenols is 1. The molecule has 2 aliphatic rings. The Balaban J connectivity index is 1.39. The van der Waals surface area contributed by atoms with Crippen molar-refractivity contribution >= 4 is 11.6 Å². The lowest BCUT2D eigenvalue weighted by atomic mass is 10.1. The van der Waals surface area contributed by atoms with Crippen molar-refractivity contribution in [2.24, 2.45) is 0 Å². The molecule has 2 aliphatic heterocycles. The first-order valence-corrected chi connectivity index (χ1v) is 9.88. The molecule has 2 saturated heterocycles. The quantitative estimate of drug-likeness (QED) is 0.862. The molecule has 6 nitrogen and oxygen atoms in total. The largest absolute Gasteiger partial charge is 0.506 e. The van der Waals surface area contributed by atoms with Crippen molar-refractivity contribution in [3.63, 3.8) is 0 Å². The summed E-state index contributed by atoms with van der Waals surface area (Å²) in [6, 6.07) is 14.7. The molecule has 28 heavy (non-hydrogen) atoms. The van der Waals surface area contributed by atoms with Crippen LogP contribution in [0.2, 0.25) is 0 Å². The average Bonchev–Trinajstić information content (AvgIpc) is 3.26. The second-order valence-electron chi connectivity index (χ2n) is 7.21. The number of benzene rings is 2. The minimum Gasteiger partial charge on any atom is -0.506 e. The van der Waals surface area contributed by atoms with Crippen molar-refractivity contribution in [2.75, 3.05) is 44.3 Å². The molecule has 2 aromatic carbocycles. The maximum atomic E-state index is 13.1. The Morgan fingerprint density at radius 1 is 1.07 bits per heavy atom. The Labute approximate surface area is 165 Å². The molecular weight excluding hydrogens is 356 g/mol. The summed E-state index contributed by atoms with van der Waals surface area (Å²) in [6.07, 6.45) is 2.19. The number of ether oxygens (including phenoxy) is 2. The standard InChI is InChI=1S/C22H26N2O4/c25-20-9-3-2-8-19(20)23-11-13-24(14-12-23)22(26)18-7-1-4-10-21(18)28-16-17-6-5-15-27-17/h1-4,7-10,17,25H,5-6,11-16H2/t17-/m1/s1. The summed E-state index contributed by atoms with van der Waals surface area (Å²) >= 11 is 0. The number of nitrogens with zero attached hydrogens (tertiary/aromatic N) is 2. The van der Waals surface area contributed by atoms with Gasteiger partial charge < -0.3 is 24.4 Å². The number of piperazine rings is 1. The first kappa shape index (κ1) is 18.6. The van der Waals surface area contributed by atoms with Gasteiger partial charge in [-0.05, 0) is 37.1 Å². The van der Waals surface area contributed by atoms with Crippen LogP contribution in [-0.2, 0) is 4.74 Å². The molecule has 2 heterocycles. The molecule has 4 rings (SSSR count). The van der Waals surface area contributed by atoms with Gasteiger partial charge in [-0.15, -0.1) is 0 Å². The molecule has 0 unspecified atom stereocenters. The molecule has 1 amide bonds. The highest BCUT2D eigenvalue weighted by atomic mass is 16.5. The number of rotatable bonds is 5. The van der Waals surface area contributed by atoms with E-state index in [1.165, 1.54) is 0 Å². The van der Waals surface area contributed by atoms with E-state index in [1.54, 1.807) is 6.07 Å². The Morgan fingerprint density at radius 2 is 1.82 bits per heavy atom. The van der Waals surface area contributed by atoms with Crippen molar-refractivity contribution < 1.29 is 19.4 Å². The van der Waals surface area contributed by atoms with Gasteiger partial charge in [-0.2, -0.15) is 0 Å². The fourth-order valence-electron chi connectivity index (χ4n) is 3.78. The molecule has 2 aromatic rings. The topological polar surface area (TPSA) is 62.2 Å². The number of amides is 1. The van der Waals surface area contributed by atoms with Gasteiger partial charge in [0.1, 0.15) is 18.1 Å². The molecule has 1 N–H and O–H groups in total. The SMILES string of the molecule is O=C(c1ccccc1OC[C@H]1CCCO1)N1CCN(c2ccccc2O)CC1. The van der Waals surface area contributed by atoms with Crippen molar-refractivity contribution in [1.82, 2.24) is 4.90 Å². The van der Waals surface area contributed by atoms with Gasteiger partial charge in [-0.1, -0.05) is 24.3 Å². The Morgan fingerprint density at radius 3 is 2.57 bits per heavy atom. The summed E-state index contributed by atoms with van der Waals surface area (Å²) in [6.45, 7) is 3.84. The minimum atomic E-state index is -0.0140. The van der Waals surface area contributed by atoms with Crippen LogP contribution < -0.4 is 9.64 Å². The van der Waals surface area contributed by atoms with Crippen LogP contribution in [-0.4, -0.2) is 61.4 Å². The van der Waals surface area contributed by atoms with E-state index in [2.05, 4.69) is 4.90 Å². The van der Waals surface area contributed by atoms with E-state index < -0.39 is 0 Å². The van der Waals surface area contributed by atoms with E-state index in [1.807, 2.05) is 47.4 Å². The Kier molecular flexibility index (Phi) is 5.67. The number of carbonyl (C=O) groups excluding carboxylic acids is 1. The van der Waals surface area contributed by atoms with Gasteiger partial charge in [-0.3, -0.25) is 4.79 Å². The summed E-state index contributed by atoms with van der Waals surface area (Å²) in [7, 11) is 0. The van der Waals surface area contributed by atoms with Crippen molar-refractivity contribution in [3.05, 3.63) is 54.1 Å². The first-order chi connectivity index (χ1) is 13.7. The smallest absolute Gasteiger partial charge is 0.257 e. The van der Waals surface area contributed by atoms with Crippen LogP contribution in [0.5, 0.6) is 11.5 Å². The van der Waals surface area contributed by atoms with E-state index in [0.717, 1.165) is 25.1 Å². The number of anilines is 1. The third-order valence-corrected chi connectivity index (χ3v) is 5.36. The lowest BCUT2D eigenvalue weighted by Gasteiger charge is -2.36. The summed E-state index contributed by atoms with van der Waals surface area (Å²) < 4.78 is 11.5. The van der Waals surface area contributed by atoms with Crippen molar-refractivity contribution in [1.29, 1.82) is 0 Å². The van der Waals surface area contributed by atoms with Crippen LogP contribution in [0, 0.1) is 0 Å². The predicted molar refractivity (Wildman–Crippen MR) is 107 cm³/mol. The van der Waals surface area contributed by atoms with Crippen molar-refractivity contribution in [2.45, 2.75) is 18.9 Å². The van der Waals surface area contributed by atoms with E-state index in [4.69, 9.17) is 9.47 Å². The summed E-state index contributed by atoms with van der Waals surface area (Å²) in [5.41, 5.74) is 1.41. The van der Waals surface area contributed by atoms with Gasteiger partial charge in [0.2, 0.25) is 0 Å². The third-order valence-electron chi connectivity index (χ3n) is 5.36. The molecule has 6 heteroatoms. The van der Waals surface area contributed by atoms with Crippen molar-refractivity contribution in [3.8, 4) is 11.5 Å². The van der Waals surface area contributed by atoms with Crippen LogP contribution in [0.4, 0.5) is 5.69 Å². The molecular formula is C22H26N2O4. The monoisotopic (exact) mass is 382 g/mol. The molecule has 1 atom stereocenters. The van der Waals surface area contributed by atoms with Gasteiger partial charge in [-0.25, -0.2) is 0 Å². The maximum Gasteiger partial charge on any atom is 0.257 e. The van der Waals surface area contributed by atoms with E-state index >= 15 is 0 Å². The molecule has 0 aliphatic carbocycles. The molecule has 0 aromatic heterocycles. The summed E-state index contributed by atoms with van der Waals surface area (Å²) in [5.74, 6) is 0.876. The molecule has 0 spiro atoms. The maximum absolute atomic E-state index is 13.1. The highest BCUT2D eigenvalue weighted by Crippen LogP contribution is 2.28. The van der Waals surface area contributed by atoms with E-state index in [9.17, 15) is 9.90 Å². The zero-order chi connectivity index (χ0) is 19.3. The van der Waals surface area contributed by atoms with Crippen LogP contribution in [0.25, 0.3) is 0 Å². The van der Waals surface area contributed by atoms with E-state index in [-0.39, 0.29) is 17.8 Å². The Bertz CT molecular complexity index is 812. The van der Waals surface area contributed by atoms with Gasteiger partial charge in [0.25, 0.3) is 5.91 Å². The number of hydrogen-bond acceptors (Lipinski definition) is 5. The van der Waals surface area contributed by atoms with Crippen LogP contribution in [0.15, 0.2) is 48.5 Å². The summed E-state index contributed by atoms with van der Waals surface area (Å²) in [4.78, 5) is 17.0. The fraction of sp³-hybridized carbons (Fsp3) is 0.409. The lowest BCUT2D eigenvalue weighted by Crippen LogP contribution is -2.48. The van der Waals surface area contributed by atoms with Crippen LogP contribution >= 0.6 is 0 Å². The summed E-state index contributed by atoms with van der Waals surface area (Å²) in [5, 5.41) is 10.1.